The number of benzene rings is 2. The molecular weight excluding hydrogens is 286 g/mol. The number of nitrogens with one attached hydrogen (secondary N) is 1. The summed E-state index contributed by atoms with van der Waals surface area (Å²) in [4.78, 5) is 11.7. The maximum absolute atomic E-state index is 11.7. The molecular formula is C20H23NO2. The third-order valence-corrected chi connectivity index (χ3v) is 3.43. The van der Waals surface area contributed by atoms with Crippen LogP contribution in [0.5, 0.6) is 5.75 Å². The number of rotatable bonds is 7. The van der Waals surface area contributed by atoms with Crippen molar-refractivity contribution in [3.8, 4) is 5.75 Å². The van der Waals surface area contributed by atoms with Crippen molar-refractivity contribution in [2.24, 2.45) is 0 Å². The fourth-order valence-corrected chi connectivity index (χ4v) is 2.22. The number of hydrogen-bond donors (Lipinski definition) is 1. The number of para-hydroxylation sites is 1. The first-order valence-corrected chi connectivity index (χ1v) is 7.89. The highest BCUT2D eigenvalue weighted by atomic mass is 16.5. The lowest BCUT2D eigenvalue weighted by Crippen LogP contribution is -2.26. The van der Waals surface area contributed by atoms with E-state index in [4.69, 9.17) is 4.74 Å². The third-order valence-electron chi connectivity index (χ3n) is 3.43. The van der Waals surface area contributed by atoms with Crippen molar-refractivity contribution in [3.63, 3.8) is 0 Å². The van der Waals surface area contributed by atoms with Gasteiger partial charge in [0.2, 0.25) is 5.91 Å². The smallest absolute Gasteiger partial charge is 0.244 e. The molecule has 0 spiro atoms. The molecule has 0 aliphatic rings. The average molecular weight is 309 g/mol. The summed E-state index contributed by atoms with van der Waals surface area (Å²) in [7, 11) is 0. The van der Waals surface area contributed by atoms with Crippen molar-refractivity contribution in [1.29, 1.82) is 0 Å². The van der Waals surface area contributed by atoms with Gasteiger partial charge in [-0.1, -0.05) is 62.4 Å². The molecule has 0 unspecified atom stereocenters. The van der Waals surface area contributed by atoms with Crippen LogP contribution in [-0.2, 0) is 4.79 Å². The number of carbonyl (C=O) groups is 1. The van der Waals surface area contributed by atoms with E-state index in [-0.39, 0.29) is 5.91 Å². The van der Waals surface area contributed by atoms with Crippen LogP contribution >= 0.6 is 0 Å². The molecule has 0 bridgehead atoms. The minimum absolute atomic E-state index is 0.116. The molecule has 0 aliphatic heterocycles. The second-order valence-electron chi connectivity index (χ2n) is 5.58. The predicted molar refractivity (Wildman–Crippen MR) is 94.5 cm³/mol. The molecule has 0 heterocycles. The summed E-state index contributed by atoms with van der Waals surface area (Å²) in [5.41, 5.74) is 2.19. The zero-order valence-corrected chi connectivity index (χ0v) is 13.7. The summed E-state index contributed by atoms with van der Waals surface area (Å²) in [5, 5.41) is 2.82. The topological polar surface area (TPSA) is 38.3 Å². The first-order valence-electron chi connectivity index (χ1n) is 7.89. The molecule has 0 aromatic heterocycles. The zero-order chi connectivity index (χ0) is 16.5. The minimum Gasteiger partial charge on any atom is -0.491 e. The summed E-state index contributed by atoms with van der Waals surface area (Å²) in [5.74, 6) is 1.18. The van der Waals surface area contributed by atoms with Crippen molar-refractivity contribution in [3.05, 3.63) is 71.8 Å². The third kappa shape index (κ3) is 5.62. The first-order chi connectivity index (χ1) is 11.2. The largest absolute Gasteiger partial charge is 0.491 e. The van der Waals surface area contributed by atoms with Crippen LogP contribution in [0.2, 0.25) is 0 Å². The van der Waals surface area contributed by atoms with Gasteiger partial charge >= 0.3 is 0 Å². The Morgan fingerprint density at radius 1 is 1.09 bits per heavy atom. The van der Waals surface area contributed by atoms with Crippen molar-refractivity contribution >= 4 is 12.0 Å². The van der Waals surface area contributed by atoms with Crippen molar-refractivity contribution in [2.45, 2.75) is 19.8 Å². The molecule has 0 aliphatic carbocycles. The monoisotopic (exact) mass is 309 g/mol. The van der Waals surface area contributed by atoms with Crippen LogP contribution < -0.4 is 10.1 Å². The van der Waals surface area contributed by atoms with Gasteiger partial charge in [0.15, 0.2) is 0 Å². The Labute approximate surface area is 138 Å². The number of carbonyl (C=O) groups excluding carboxylic acids is 1. The van der Waals surface area contributed by atoms with Crippen LogP contribution in [0.4, 0.5) is 0 Å². The second kappa shape index (κ2) is 8.79. The van der Waals surface area contributed by atoms with Crippen molar-refractivity contribution in [1.82, 2.24) is 5.32 Å². The summed E-state index contributed by atoms with van der Waals surface area (Å²) >= 11 is 0. The van der Waals surface area contributed by atoms with E-state index >= 15 is 0 Å². The average Bonchev–Trinajstić information content (AvgIpc) is 2.58. The van der Waals surface area contributed by atoms with E-state index in [0.29, 0.717) is 19.1 Å². The maximum atomic E-state index is 11.7. The molecule has 1 N–H and O–H groups in total. The summed E-state index contributed by atoms with van der Waals surface area (Å²) in [6.07, 6.45) is 3.33. The van der Waals surface area contributed by atoms with Gasteiger partial charge in [0, 0.05) is 6.08 Å². The summed E-state index contributed by atoms with van der Waals surface area (Å²) < 4.78 is 5.77. The van der Waals surface area contributed by atoms with E-state index in [1.165, 1.54) is 11.6 Å². The van der Waals surface area contributed by atoms with E-state index in [9.17, 15) is 4.79 Å². The maximum Gasteiger partial charge on any atom is 0.244 e. The highest BCUT2D eigenvalue weighted by Crippen LogP contribution is 2.25. The highest BCUT2D eigenvalue weighted by Gasteiger charge is 2.06. The van der Waals surface area contributed by atoms with E-state index < -0.39 is 0 Å². The van der Waals surface area contributed by atoms with Gasteiger partial charge in [-0.15, -0.1) is 0 Å². The van der Waals surface area contributed by atoms with E-state index in [1.54, 1.807) is 6.08 Å². The first kappa shape index (κ1) is 16.8. The van der Waals surface area contributed by atoms with Crippen LogP contribution in [0, 0.1) is 0 Å². The predicted octanol–water partition coefficient (Wildman–Crippen LogP) is 4.02. The summed E-state index contributed by atoms with van der Waals surface area (Å²) in [6, 6.07) is 17.7. The van der Waals surface area contributed by atoms with Crippen molar-refractivity contribution in [2.75, 3.05) is 13.2 Å². The molecule has 0 atom stereocenters. The molecule has 3 nitrogen and oxygen atoms in total. The molecule has 120 valence electrons. The molecule has 0 radical (unpaired) electrons. The van der Waals surface area contributed by atoms with Crippen LogP contribution in [0.25, 0.3) is 6.08 Å². The van der Waals surface area contributed by atoms with Gasteiger partial charge in [-0.25, -0.2) is 0 Å². The normalized spacial score (nSPS) is 10.9. The van der Waals surface area contributed by atoms with Gasteiger partial charge in [0.25, 0.3) is 0 Å². The lowest BCUT2D eigenvalue weighted by Gasteiger charge is -2.13. The van der Waals surface area contributed by atoms with Crippen LogP contribution in [0.1, 0.15) is 30.9 Å². The Bertz CT molecular complexity index is 648. The molecule has 2 rings (SSSR count). The molecule has 2 aromatic rings. The van der Waals surface area contributed by atoms with Crippen LogP contribution in [-0.4, -0.2) is 19.1 Å². The minimum atomic E-state index is -0.116. The molecule has 3 heteroatoms. The number of hydrogen-bond acceptors (Lipinski definition) is 2. The van der Waals surface area contributed by atoms with Crippen LogP contribution in [0.3, 0.4) is 0 Å². The van der Waals surface area contributed by atoms with Gasteiger partial charge in [-0.2, -0.15) is 0 Å². The molecule has 0 saturated heterocycles. The van der Waals surface area contributed by atoms with Gasteiger partial charge in [0.1, 0.15) is 12.4 Å². The number of amides is 1. The van der Waals surface area contributed by atoms with E-state index in [2.05, 4.69) is 25.2 Å². The van der Waals surface area contributed by atoms with Gasteiger partial charge in [-0.3, -0.25) is 4.79 Å². The lowest BCUT2D eigenvalue weighted by molar-refractivity contribution is -0.116. The standard InChI is InChI=1S/C20H23NO2/c1-16(2)18-10-6-7-11-19(18)23-15-14-21-20(22)13-12-17-8-4-3-5-9-17/h3-13,16H,14-15H2,1-2H3,(H,21,22)/b13-12+. The van der Waals surface area contributed by atoms with Crippen LogP contribution in [0.15, 0.2) is 60.7 Å². The lowest BCUT2D eigenvalue weighted by atomic mass is 10.0. The van der Waals surface area contributed by atoms with Gasteiger partial charge in [-0.05, 0) is 29.2 Å². The highest BCUT2D eigenvalue weighted by molar-refractivity contribution is 5.91. The SMILES string of the molecule is CC(C)c1ccccc1OCCNC(=O)/C=C/c1ccccc1. The molecule has 2 aromatic carbocycles. The van der Waals surface area contributed by atoms with E-state index in [0.717, 1.165) is 11.3 Å². The fraction of sp³-hybridized carbons (Fsp3) is 0.250. The Kier molecular flexibility index (Phi) is 6.42. The van der Waals surface area contributed by atoms with Gasteiger partial charge < -0.3 is 10.1 Å². The number of ether oxygens (including phenoxy) is 1. The van der Waals surface area contributed by atoms with E-state index in [1.807, 2.05) is 48.5 Å². The second-order valence-corrected chi connectivity index (χ2v) is 5.58. The zero-order valence-electron chi connectivity index (χ0n) is 13.7. The Balaban J connectivity index is 1.75. The quantitative estimate of drug-likeness (QED) is 0.620. The molecule has 1 amide bonds. The molecule has 23 heavy (non-hydrogen) atoms. The molecule has 0 saturated carbocycles. The Morgan fingerprint density at radius 3 is 2.52 bits per heavy atom. The Hall–Kier alpha value is -2.55. The van der Waals surface area contributed by atoms with Crippen molar-refractivity contribution < 1.29 is 9.53 Å². The summed E-state index contributed by atoms with van der Waals surface area (Å²) in [6.45, 7) is 5.20. The fourth-order valence-electron chi connectivity index (χ4n) is 2.22. The molecule has 0 fully saturated rings. The Morgan fingerprint density at radius 2 is 1.78 bits per heavy atom. The van der Waals surface area contributed by atoms with Gasteiger partial charge in [0.05, 0.1) is 6.54 Å².